The van der Waals surface area contributed by atoms with Crippen LogP contribution in [0.5, 0.6) is 0 Å². The minimum Gasteiger partial charge on any atom is -0.268 e. The van der Waals surface area contributed by atoms with Crippen LogP contribution in [0.1, 0.15) is 24.2 Å². The van der Waals surface area contributed by atoms with Crippen molar-refractivity contribution in [3.05, 3.63) is 29.8 Å². The highest BCUT2D eigenvalue weighted by molar-refractivity contribution is 7.91. The SMILES string of the molecule is CCN1C(=O)c2ccccc2N(CC)S1(=O)=O. The summed E-state index contributed by atoms with van der Waals surface area (Å²) in [6.45, 7) is 3.85. The van der Waals surface area contributed by atoms with Crippen molar-refractivity contribution >= 4 is 21.8 Å². The lowest BCUT2D eigenvalue weighted by molar-refractivity contribution is 0.0862. The lowest BCUT2D eigenvalue weighted by atomic mass is 10.1. The first kappa shape index (κ1) is 11.9. The second-order valence-electron chi connectivity index (χ2n) is 3.66. The van der Waals surface area contributed by atoms with Crippen LogP contribution in [0.2, 0.25) is 0 Å². The molecule has 0 saturated carbocycles. The second-order valence-corrected chi connectivity index (χ2v) is 5.44. The third-order valence-electron chi connectivity index (χ3n) is 2.76. The van der Waals surface area contributed by atoms with Crippen LogP contribution in [0.4, 0.5) is 5.69 Å². The fourth-order valence-electron chi connectivity index (χ4n) is 1.99. The van der Waals surface area contributed by atoms with Gasteiger partial charge in [-0.15, -0.1) is 0 Å². The molecular formula is C11H14N2O3S. The Kier molecular flexibility index (Phi) is 2.82. The van der Waals surface area contributed by atoms with Crippen LogP contribution >= 0.6 is 0 Å². The van der Waals surface area contributed by atoms with E-state index in [1.165, 1.54) is 4.31 Å². The second kappa shape index (κ2) is 4.03. The van der Waals surface area contributed by atoms with Crippen LogP contribution in [0.25, 0.3) is 0 Å². The average molecular weight is 254 g/mol. The summed E-state index contributed by atoms with van der Waals surface area (Å²) in [7, 11) is -3.71. The maximum atomic E-state index is 12.2. The van der Waals surface area contributed by atoms with Crippen LogP contribution in [-0.4, -0.2) is 31.7 Å². The number of carbonyl (C=O) groups is 1. The maximum Gasteiger partial charge on any atom is 0.328 e. The van der Waals surface area contributed by atoms with Gasteiger partial charge in [-0.1, -0.05) is 12.1 Å². The maximum absolute atomic E-state index is 12.2. The summed E-state index contributed by atoms with van der Waals surface area (Å²) in [5, 5.41) is 0. The van der Waals surface area contributed by atoms with Crippen molar-refractivity contribution in [2.75, 3.05) is 17.4 Å². The van der Waals surface area contributed by atoms with E-state index in [0.29, 0.717) is 17.8 Å². The summed E-state index contributed by atoms with van der Waals surface area (Å²) >= 11 is 0. The van der Waals surface area contributed by atoms with Crippen molar-refractivity contribution < 1.29 is 13.2 Å². The molecule has 0 atom stereocenters. The van der Waals surface area contributed by atoms with Gasteiger partial charge >= 0.3 is 10.2 Å². The Bertz CT molecular complexity index is 554. The molecule has 1 aliphatic heterocycles. The van der Waals surface area contributed by atoms with Gasteiger partial charge in [0.1, 0.15) is 0 Å². The monoisotopic (exact) mass is 254 g/mol. The number of para-hydroxylation sites is 1. The molecule has 0 spiro atoms. The molecule has 1 heterocycles. The van der Waals surface area contributed by atoms with E-state index in [2.05, 4.69) is 0 Å². The first-order chi connectivity index (χ1) is 8.04. The number of benzene rings is 1. The Morgan fingerprint density at radius 2 is 1.65 bits per heavy atom. The molecule has 0 unspecified atom stereocenters. The van der Waals surface area contributed by atoms with Gasteiger partial charge < -0.3 is 0 Å². The molecule has 0 aromatic heterocycles. The molecule has 0 saturated heterocycles. The number of hydrogen-bond acceptors (Lipinski definition) is 3. The van der Waals surface area contributed by atoms with Gasteiger partial charge in [-0.3, -0.25) is 9.10 Å². The highest BCUT2D eigenvalue weighted by atomic mass is 32.2. The van der Waals surface area contributed by atoms with Gasteiger partial charge in [-0.2, -0.15) is 8.42 Å². The molecule has 0 bridgehead atoms. The Morgan fingerprint density at radius 1 is 1.06 bits per heavy atom. The number of anilines is 1. The number of hydrogen-bond donors (Lipinski definition) is 0. The van der Waals surface area contributed by atoms with Gasteiger partial charge in [0.2, 0.25) is 0 Å². The van der Waals surface area contributed by atoms with E-state index in [1.807, 2.05) is 0 Å². The summed E-state index contributed by atoms with van der Waals surface area (Å²) in [6, 6.07) is 6.77. The average Bonchev–Trinajstić information content (AvgIpc) is 2.29. The van der Waals surface area contributed by atoms with Gasteiger partial charge in [-0.05, 0) is 26.0 Å². The van der Waals surface area contributed by atoms with Crippen molar-refractivity contribution in [2.45, 2.75) is 13.8 Å². The van der Waals surface area contributed by atoms with E-state index in [9.17, 15) is 13.2 Å². The zero-order chi connectivity index (χ0) is 12.6. The summed E-state index contributed by atoms with van der Waals surface area (Å²) in [5.74, 6) is -0.451. The molecule has 0 radical (unpaired) electrons. The quantitative estimate of drug-likeness (QED) is 0.797. The first-order valence-electron chi connectivity index (χ1n) is 5.47. The molecule has 1 aromatic rings. The molecule has 1 aliphatic rings. The van der Waals surface area contributed by atoms with Crippen LogP contribution in [-0.2, 0) is 10.2 Å². The third-order valence-corrected chi connectivity index (χ3v) is 4.75. The molecule has 1 amide bonds. The predicted octanol–water partition coefficient (Wildman–Crippen LogP) is 1.23. The highest BCUT2D eigenvalue weighted by Gasteiger charge is 2.39. The van der Waals surface area contributed by atoms with E-state index in [1.54, 1.807) is 38.1 Å². The van der Waals surface area contributed by atoms with E-state index < -0.39 is 16.1 Å². The number of amides is 1. The van der Waals surface area contributed by atoms with Crippen LogP contribution in [0.3, 0.4) is 0 Å². The number of fused-ring (bicyclic) bond motifs is 1. The van der Waals surface area contributed by atoms with E-state index in [4.69, 9.17) is 0 Å². The molecule has 2 rings (SSSR count). The molecule has 17 heavy (non-hydrogen) atoms. The van der Waals surface area contributed by atoms with E-state index >= 15 is 0 Å². The number of rotatable bonds is 2. The summed E-state index contributed by atoms with van der Waals surface area (Å²) in [5.41, 5.74) is 0.899. The van der Waals surface area contributed by atoms with Crippen molar-refractivity contribution in [1.82, 2.24) is 4.31 Å². The Labute approximate surface area is 101 Å². The van der Waals surface area contributed by atoms with Gasteiger partial charge in [0.25, 0.3) is 5.91 Å². The van der Waals surface area contributed by atoms with Crippen molar-refractivity contribution in [2.24, 2.45) is 0 Å². The molecule has 0 N–H and O–H groups in total. The largest absolute Gasteiger partial charge is 0.328 e. The third kappa shape index (κ3) is 1.59. The topological polar surface area (TPSA) is 57.7 Å². The van der Waals surface area contributed by atoms with Crippen LogP contribution < -0.4 is 4.31 Å². The minimum absolute atomic E-state index is 0.145. The van der Waals surface area contributed by atoms with Gasteiger partial charge in [0, 0.05) is 13.1 Å². The zero-order valence-corrected chi connectivity index (χ0v) is 10.6. The lowest BCUT2D eigenvalue weighted by Gasteiger charge is -2.35. The number of carbonyl (C=O) groups excluding carboxylic acids is 1. The molecular weight excluding hydrogens is 240 g/mol. The first-order valence-corrected chi connectivity index (χ1v) is 6.87. The fraction of sp³-hybridized carbons (Fsp3) is 0.364. The fourth-order valence-corrected chi connectivity index (χ4v) is 3.60. The Balaban J connectivity index is 2.70. The molecule has 6 heteroatoms. The normalized spacial score (nSPS) is 18.1. The zero-order valence-electron chi connectivity index (χ0n) is 9.75. The summed E-state index contributed by atoms with van der Waals surface area (Å²) < 4.78 is 26.5. The summed E-state index contributed by atoms with van der Waals surface area (Å²) in [4.78, 5) is 12.0. The molecule has 92 valence electrons. The Hall–Kier alpha value is -1.56. The highest BCUT2D eigenvalue weighted by Crippen LogP contribution is 2.31. The van der Waals surface area contributed by atoms with Crippen molar-refractivity contribution in [3.8, 4) is 0 Å². The lowest BCUT2D eigenvalue weighted by Crippen LogP contribution is -2.51. The minimum atomic E-state index is -3.71. The van der Waals surface area contributed by atoms with E-state index in [-0.39, 0.29) is 6.54 Å². The molecule has 0 aliphatic carbocycles. The molecule has 0 fully saturated rings. The van der Waals surface area contributed by atoms with Crippen LogP contribution in [0, 0.1) is 0 Å². The standard InChI is InChI=1S/C11H14N2O3S/c1-3-12-10-8-6-5-7-9(10)11(14)13(4-2)17(12,15)16/h5-8H,3-4H2,1-2H3. The summed E-state index contributed by atoms with van der Waals surface area (Å²) in [6.07, 6.45) is 0. The smallest absolute Gasteiger partial charge is 0.268 e. The van der Waals surface area contributed by atoms with Crippen molar-refractivity contribution in [3.63, 3.8) is 0 Å². The van der Waals surface area contributed by atoms with Gasteiger partial charge in [-0.25, -0.2) is 4.31 Å². The number of nitrogens with zero attached hydrogens (tertiary/aromatic N) is 2. The Morgan fingerprint density at radius 3 is 2.24 bits per heavy atom. The van der Waals surface area contributed by atoms with Gasteiger partial charge in [0.15, 0.2) is 0 Å². The predicted molar refractivity (Wildman–Crippen MR) is 65.1 cm³/mol. The molecule has 5 nitrogen and oxygen atoms in total. The van der Waals surface area contributed by atoms with Crippen LogP contribution in [0.15, 0.2) is 24.3 Å². The molecule has 1 aromatic carbocycles. The van der Waals surface area contributed by atoms with E-state index in [0.717, 1.165) is 4.31 Å². The van der Waals surface area contributed by atoms with Crippen molar-refractivity contribution in [1.29, 1.82) is 0 Å². The van der Waals surface area contributed by atoms with Gasteiger partial charge in [0.05, 0.1) is 11.3 Å².